The molecule has 3 rings (SSSR count). The summed E-state index contributed by atoms with van der Waals surface area (Å²) in [4.78, 5) is 11.2. The molecule has 0 aliphatic carbocycles. The SMILES string of the molecule is C=C(C)[C@@H]1C[C@@H](c2ccc(Cl)cc2)[C@@H](CC(C)C)O[C@H]1c1cc(Cl)cc(Cl)c1OCC(=O)O. The molecule has 0 amide bonds. The van der Waals surface area contributed by atoms with Crippen LogP contribution in [0.2, 0.25) is 15.1 Å². The molecule has 4 atom stereocenters. The second-order valence-corrected chi connectivity index (χ2v) is 10.3. The van der Waals surface area contributed by atoms with Crippen molar-refractivity contribution < 1.29 is 19.4 Å². The van der Waals surface area contributed by atoms with Crippen LogP contribution in [-0.4, -0.2) is 23.8 Å². The molecule has 33 heavy (non-hydrogen) atoms. The Labute approximate surface area is 210 Å². The van der Waals surface area contributed by atoms with E-state index < -0.39 is 18.7 Å². The van der Waals surface area contributed by atoms with Gasteiger partial charge in [-0.25, -0.2) is 4.79 Å². The molecule has 1 N–H and O–H groups in total. The van der Waals surface area contributed by atoms with Crippen LogP contribution >= 0.6 is 34.8 Å². The van der Waals surface area contributed by atoms with Gasteiger partial charge in [0.1, 0.15) is 5.75 Å². The fourth-order valence-electron chi connectivity index (χ4n) is 4.50. The van der Waals surface area contributed by atoms with Crippen LogP contribution in [0.5, 0.6) is 5.75 Å². The van der Waals surface area contributed by atoms with Crippen molar-refractivity contribution in [2.75, 3.05) is 6.61 Å². The Morgan fingerprint density at radius 3 is 2.42 bits per heavy atom. The number of rotatable bonds is 8. The highest BCUT2D eigenvalue weighted by Gasteiger charge is 2.41. The zero-order chi connectivity index (χ0) is 24.3. The first-order chi connectivity index (χ1) is 15.6. The number of hydrogen-bond acceptors (Lipinski definition) is 3. The van der Waals surface area contributed by atoms with Crippen LogP contribution in [0.15, 0.2) is 48.6 Å². The molecule has 0 saturated carbocycles. The first-order valence-corrected chi connectivity index (χ1v) is 12.1. The van der Waals surface area contributed by atoms with Gasteiger partial charge in [-0.05, 0) is 55.5 Å². The van der Waals surface area contributed by atoms with E-state index in [0.29, 0.717) is 21.5 Å². The Morgan fingerprint density at radius 2 is 1.85 bits per heavy atom. The quantitative estimate of drug-likeness (QED) is 0.365. The molecule has 178 valence electrons. The van der Waals surface area contributed by atoms with Gasteiger partial charge >= 0.3 is 5.97 Å². The summed E-state index contributed by atoms with van der Waals surface area (Å²) in [6, 6.07) is 11.2. The molecule has 2 aromatic rings. The van der Waals surface area contributed by atoms with Gasteiger partial charge < -0.3 is 14.6 Å². The lowest BCUT2D eigenvalue weighted by Gasteiger charge is -2.43. The van der Waals surface area contributed by atoms with E-state index in [1.165, 1.54) is 5.56 Å². The Hall–Kier alpha value is -1.72. The number of benzene rings is 2. The molecule has 0 spiro atoms. The molecular formula is C26H29Cl3O4. The highest BCUT2D eigenvalue weighted by molar-refractivity contribution is 6.35. The maximum absolute atomic E-state index is 11.2. The minimum Gasteiger partial charge on any atom is -0.480 e. The summed E-state index contributed by atoms with van der Waals surface area (Å²) in [5.74, 6) is -0.282. The maximum atomic E-state index is 11.2. The molecule has 7 heteroatoms. The number of ether oxygens (including phenoxy) is 2. The average molecular weight is 512 g/mol. The largest absolute Gasteiger partial charge is 0.480 e. The first-order valence-electron chi connectivity index (χ1n) is 11.0. The third kappa shape index (κ3) is 6.45. The van der Waals surface area contributed by atoms with E-state index in [-0.39, 0.29) is 28.7 Å². The topological polar surface area (TPSA) is 55.8 Å². The normalized spacial score (nSPS) is 22.9. The highest BCUT2D eigenvalue weighted by atomic mass is 35.5. The van der Waals surface area contributed by atoms with E-state index in [1.807, 2.05) is 19.1 Å². The molecule has 0 aromatic heterocycles. The third-order valence-electron chi connectivity index (χ3n) is 5.96. The van der Waals surface area contributed by atoms with Crippen LogP contribution in [0.3, 0.4) is 0 Å². The minimum absolute atomic E-state index is 0.0456. The number of carbonyl (C=O) groups is 1. The lowest BCUT2D eigenvalue weighted by atomic mass is 9.74. The van der Waals surface area contributed by atoms with Crippen LogP contribution in [-0.2, 0) is 9.53 Å². The van der Waals surface area contributed by atoms with Gasteiger partial charge in [0.2, 0.25) is 0 Å². The van der Waals surface area contributed by atoms with Gasteiger partial charge in [-0.1, -0.05) is 72.9 Å². The van der Waals surface area contributed by atoms with Gasteiger partial charge in [0, 0.05) is 27.4 Å². The summed E-state index contributed by atoms with van der Waals surface area (Å²) >= 11 is 18.9. The summed E-state index contributed by atoms with van der Waals surface area (Å²) in [7, 11) is 0. The predicted molar refractivity (Wildman–Crippen MR) is 134 cm³/mol. The van der Waals surface area contributed by atoms with Crippen LogP contribution in [0.4, 0.5) is 0 Å². The Morgan fingerprint density at radius 1 is 1.18 bits per heavy atom. The number of hydrogen-bond donors (Lipinski definition) is 1. The molecule has 1 heterocycles. The monoisotopic (exact) mass is 510 g/mol. The molecule has 0 unspecified atom stereocenters. The van der Waals surface area contributed by atoms with Crippen LogP contribution in [0.1, 0.15) is 56.8 Å². The fourth-order valence-corrected chi connectivity index (χ4v) is 5.19. The zero-order valence-electron chi connectivity index (χ0n) is 19.0. The minimum atomic E-state index is -1.09. The third-order valence-corrected chi connectivity index (χ3v) is 6.71. The summed E-state index contributed by atoms with van der Waals surface area (Å²) in [5, 5.41) is 10.5. The smallest absolute Gasteiger partial charge is 0.341 e. The molecular weight excluding hydrogens is 483 g/mol. The van der Waals surface area contributed by atoms with Gasteiger partial charge in [0.25, 0.3) is 0 Å². The van der Waals surface area contributed by atoms with Gasteiger partial charge in [-0.3, -0.25) is 0 Å². The van der Waals surface area contributed by atoms with Crippen LogP contribution < -0.4 is 4.74 Å². The fraction of sp³-hybridized carbons (Fsp3) is 0.423. The Kier molecular flexibility index (Phi) is 8.74. The van der Waals surface area contributed by atoms with Gasteiger partial charge in [-0.2, -0.15) is 0 Å². The van der Waals surface area contributed by atoms with Crippen molar-refractivity contribution in [2.45, 2.75) is 51.7 Å². The molecule has 1 aliphatic heterocycles. The van der Waals surface area contributed by atoms with E-state index in [4.69, 9.17) is 49.4 Å². The Balaban J connectivity index is 2.06. The van der Waals surface area contributed by atoms with Crippen molar-refractivity contribution in [1.82, 2.24) is 0 Å². The molecule has 1 aliphatic rings. The van der Waals surface area contributed by atoms with Gasteiger partial charge in [0.05, 0.1) is 17.2 Å². The lowest BCUT2D eigenvalue weighted by Crippen LogP contribution is -2.37. The van der Waals surface area contributed by atoms with E-state index in [1.54, 1.807) is 12.1 Å². The molecule has 1 fully saturated rings. The summed E-state index contributed by atoms with van der Waals surface area (Å²) in [5.41, 5.74) is 2.77. The Bertz CT molecular complexity index is 1000. The van der Waals surface area contributed by atoms with Crippen molar-refractivity contribution in [3.05, 3.63) is 74.7 Å². The van der Waals surface area contributed by atoms with Crippen molar-refractivity contribution >= 4 is 40.8 Å². The van der Waals surface area contributed by atoms with Crippen LogP contribution in [0, 0.1) is 11.8 Å². The maximum Gasteiger partial charge on any atom is 0.341 e. The summed E-state index contributed by atoms with van der Waals surface area (Å²) < 4.78 is 12.4. The number of halogens is 3. The molecule has 0 radical (unpaired) electrons. The van der Waals surface area contributed by atoms with Crippen molar-refractivity contribution in [1.29, 1.82) is 0 Å². The van der Waals surface area contributed by atoms with Gasteiger partial charge in [0.15, 0.2) is 6.61 Å². The van der Waals surface area contributed by atoms with E-state index >= 15 is 0 Å². The number of carboxylic acids is 1. The van der Waals surface area contributed by atoms with Crippen molar-refractivity contribution in [2.24, 2.45) is 11.8 Å². The second kappa shape index (κ2) is 11.1. The highest BCUT2D eigenvalue weighted by Crippen LogP contribution is 2.51. The lowest BCUT2D eigenvalue weighted by molar-refractivity contribution is -0.139. The average Bonchev–Trinajstić information content (AvgIpc) is 2.72. The van der Waals surface area contributed by atoms with E-state index in [2.05, 4.69) is 32.6 Å². The second-order valence-electron chi connectivity index (χ2n) is 9.06. The number of carboxylic acid groups (broad SMARTS) is 1. The first kappa shape index (κ1) is 25.9. The standard InChI is InChI=1S/C26H29Cl3O4/c1-14(2)9-23-20(16-5-7-17(27)8-6-16)12-19(15(3)4)25(33-23)21-10-18(28)11-22(29)26(21)32-13-24(30)31/h5-8,10-11,14,19-20,23,25H,3,9,12-13H2,1-2,4H3,(H,30,31)/t19-,20-,23+,25+/m0/s1. The molecule has 0 bridgehead atoms. The van der Waals surface area contributed by atoms with E-state index in [9.17, 15) is 4.79 Å². The molecule has 2 aromatic carbocycles. The molecule has 1 saturated heterocycles. The van der Waals surface area contributed by atoms with Crippen molar-refractivity contribution in [3.8, 4) is 5.75 Å². The summed E-state index contributed by atoms with van der Waals surface area (Å²) in [6.45, 7) is 10.0. The summed E-state index contributed by atoms with van der Waals surface area (Å²) in [6.07, 6.45) is 1.17. The van der Waals surface area contributed by atoms with Crippen LogP contribution in [0.25, 0.3) is 0 Å². The molecule has 4 nitrogen and oxygen atoms in total. The zero-order valence-corrected chi connectivity index (χ0v) is 21.3. The van der Waals surface area contributed by atoms with Crippen molar-refractivity contribution in [3.63, 3.8) is 0 Å². The van der Waals surface area contributed by atoms with E-state index in [0.717, 1.165) is 18.4 Å². The van der Waals surface area contributed by atoms with Gasteiger partial charge in [-0.15, -0.1) is 0 Å². The predicted octanol–water partition coefficient (Wildman–Crippen LogP) is 7.96. The number of aliphatic carboxylic acids is 1.